The molecule has 0 saturated heterocycles. The number of aliphatic imine (C=N–C) groups is 1. The Morgan fingerprint density at radius 1 is 1.55 bits per heavy atom. The van der Waals surface area contributed by atoms with Gasteiger partial charge in [0, 0.05) is 0 Å². The van der Waals surface area contributed by atoms with Gasteiger partial charge in [0.15, 0.2) is 0 Å². The molecule has 62 valence electrons. The third kappa shape index (κ3) is 1.96. The van der Waals surface area contributed by atoms with E-state index in [1.54, 1.807) is 0 Å². The molecule has 0 amide bonds. The number of dihydropyridines is 1. The first kappa shape index (κ1) is 8.10. The van der Waals surface area contributed by atoms with E-state index >= 15 is 0 Å². The summed E-state index contributed by atoms with van der Waals surface area (Å²) in [5, 5.41) is 0. The minimum absolute atomic E-state index is 0.158. The lowest BCUT2D eigenvalue weighted by Gasteiger charge is -2.16. The van der Waals surface area contributed by atoms with E-state index in [0.29, 0.717) is 0 Å². The van der Waals surface area contributed by atoms with Crippen LogP contribution in [0.25, 0.3) is 0 Å². The van der Waals surface area contributed by atoms with E-state index < -0.39 is 12.1 Å². The SMILES string of the molecule is NC1=NCC(C(F)(F)F)C=C1. The van der Waals surface area contributed by atoms with Crippen molar-refractivity contribution in [2.45, 2.75) is 6.18 Å². The van der Waals surface area contributed by atoms with Gasteiger partial charge in [0.25, 0.3) is 0 Å². The van der Waals surface area contributed by atoms with Crippen molar-refractivity contribution in [1.29, 1.82) is 0 Å². The quantitative estimate of drug-likeness (QED) is 0.571. The number of nitrogens with two attached hydrogens (primary N) is 1. The second-order valence-corrected chi connectivity index (χ2v) is 2.27. The molecule has 0 aromatic heterocycles. The smallest absolute Gasteiger partial charge is 0.384 e. The minimum Gasteiger partial charge on any atom is -0.384 e. The number of rotatable bonds is 0. The summed E-state index contributed by atoms with van der Waals surface area (Å²) < 4.78 is 35.7. The highest BCUT2D eigenvalue weighted by atomic mass is 19.4. The predicted molar refractivity (Wildman–Crippen MR) is 35.2 cm³/mol. The molecule has 0 radical (unpaired) electrons. The monoisotopic (exact) mass is 164 g/mol. The molecule has 1 aliphatic heterocycles. The van der Waals surface area contributed by atoms with Crippen LogP contribution in [0.5, 0.6) is 0 Å². The van der Waals surface area contributed by atoms with Gasteiger partial charge in [-0.15, -0.1) is 0 Å². The van der Waals surface area contributed by atoms with Crippen LogP contribution in [0, 0.1) is 5.92 Å². The molecule has 0 aromatic carbocycles. The van der Waals surface area contributed by atoms with Crippen LogP contribution in [0.2, 0.25) is 0 Å². The lowest BCUT2D eigenvalue weighted by atomic mass is 10.1. The molecule has 1 rings (SSSR count). The molecule has 1 aliphatic rings. The zero-order valence-electron chi connectivity index (χ0n) is 5.60. The fourth-order valence-corrected chi connectivity index (χ4v) is 0.745. The summed E-state index contributed by atoms with van der Waals surface area (Å²) in [6.07, 6.45) is -1.98. The number of hydrogen-bond donors (Lipinski definition) is 1. The highest BCUT2D eigenvalue weighted by Crippen LogP contribution is 2.28. The van der Waals surface area contributed by atoms with E-state index in [2.05, 4.69) is 4.99 Å². The molecule has 2 nitrogen and oxygen atoms in total. The van der Waals surface area contributed by atoms with Crippen LogP contribution in [0.4, 0.5) is 13.2 Å². The van der Waals surface area contributed by atoms with Crippen molar-refractivity contribution in [2.75, 3.05) is 6.54 Å². The van der Waals surface area contributed by atoms with Crippen molar-refractivity contribution in [3.63, 3.8) is 0 Å². The van der Waals surface area contributed by atoms with E-state index in [1.165, 1.54) is 6.08 Å². The van der Waals surface area contributed by atoms with Crippen molar-refractivity contribution in [3.8, 4) is 0 Å². The van der Waals surface area contributed by atoms with Crippen LogP contribution in [0.1, 0.15) is 0 Å². The second-order valence-electron chi connectivity index (χ2n) is 2.27. The molecule has 0 bridgehead atoms. The van der Waals surface area contributed by atoms with Gasteiger partial charge in [-0.05, 0) is 6.08 Å². The highest BCUT2D eigenvalue weighted by Gasteiger charge is 2.38. The van der Waals surface area contributed by atoms with E-state index in [-0.39, 0.29) is 12.4 Å². The Morgan fingerprint density at radius 3 is 2.55 bits per heavy atom. The summed E-state index contributed by atoms with van der Waals surface area (Å²) in [6, 6.07) is 0. The van der Waals surface area contributed by atoms with Crippen molar-refractivity contribution < 1.29 is 13.2 Å². The molecule has 11 heavy (non-hydrogen) atoms. The third-order valence-electron chi connectivity index (χ3n) is 1.39. The molecular formula is C6H7F3N2. The summed E-state index contributed by atoms with van der Waals surface area (Å²) in [7, 11) is 0. The third-order valence-corrected chi connectivity index (χ3v) is 1.39. The maximum Gasteiger partial charge on any atom is 0.396 e. The summed E-state index contributed by atoms with van der Waals surface area (Å²) >= 11 is 0. The van der Waals surface area contributed by atoms with Crippen LogP contribution >= 0.6 is 0 Å². The molecule has 0 spiro atoms. The van der Waals surface area contributed by atoms with E-state index in [1.807, 2.05) is 0 Å². The van der Waals surface area contributed by atoms with Crippen molar-refractivity contribution >= 4 is 5.84 Å². The largest absolute Gasteiger partial charge is 0.396 e. The van der Waals surface area contributed by atoms with Crippen molar-refractivity contribution in [1.82, 2.24) is 0 Å². The number of alkyl halides is 3. The highest BCUT2D eigenvalue weighted by molar-refractivity contribution is 5.91. The molecule has 1 unspecified atom stereocenters. The molecule has 5 heteroatoms. The van der Waals surface area contributed by atoms with Gasteiger partial charge in [0.05, 0.1) is 12.5 Å². The lowest BCUT2D eigenvalue weighted by Crippen LogP contribution is -2.27. The standard InChI is InChI=1S/C6H7F3N2/c7-6(8,9)4-1-2-5(10)11-3-4/h1-2,4H,3H2,(H2,10,11). The molecule has 2 N–H and O–H groups in total. The summed E-state index contributed by atoms with van der Waals surface area (Å²) in [4.78, 5) is 3.47. The zero-order chi connectivity index (χ0) is 8.48. The number of hydrogen-bond acceptors (Lipinski definition) is 2. The first-order chi connectivity index (χ1) is 5.00. The van der Waals surface area contributed by atoms with Gasteiger partial charge in [-0.1, -0.05) is 6.08 Å². The second kappa shape index (κ2) is 2.56. The van der Waals surface area contributed by atoms with Gasteiger partial charge in [0.1, 0.15) is 5.84 Å². The van der Waals surface area contributed by atoms with Gasteiger partial charge in [-0.2, -0.15) is 13.2 Å². The maximum absolute atomic E-state index is 11.9. The fourth-order valence-electron chi connectivity index (χ4n) is 0.745. The topological polar surface area (TPSA) is 38.4 Å². The Kier molecular flexibility index (Phi) is 1.89. The van der Waals surface area contributed by atoms with Crippen molar-refractivity contribution in [3.05, 3.63) is 12.2 Å². The molecular weight excluding hydrogens is 157 g/mol. The van der Waals surface area contributed by atoms with Crippen LogP contribution in [-0.4, -0.2) is 18.6 Å². The Labute approximate surface area is 61.6 Å². The molecule has 0 saturated carbocycles. The zero-order valence-corrected chi connectivity index (χ0v) is 5.60. The fraction of sp³-hybridized carbons (Fsp3) is 0.500. The molecule has 1 atom stereocenters. The van der Waals surface area contributed by atoms with Crippen LogP contribution < -0.4 is 5.73 Å². The predicted octanol–water partition coefficient (Wildman–Crippen LogP) is 1.09. The van der Waals surface area contributed by atoms with Gasteiger partial charge in [0.2, 0.25) is 0 Å². The van der Waals surface area contributed by atoms with Crippen LogP contribution in [-0.2, 0) is 0 Å². The molecule has 0 aromatic rings. The molecule has 0 fully saturated rings. The molecule has 0 aliphatic carbocycles. The molecule has 1 heterocycles. The van der Waals surface area contributed by atoms with Gasteiger partial charge in [-0.3, -0.25) is 4.99 Å². The Morgan fingerprint density at radius 2 is 2.18 bits per heavy atom. The summed E-state index contributed by atoms with van der Waals surface area (Å²) in [6.45, 7) is -0.286. The Balaban J connectivity index is 2.63. The van der Waals surface area contributed by atoms with Crippen LogP contribution in [0.3, 0.4) is 0 Å². The van der Waals surface area contributed by atoms with E-state index in [9.17, 15) is 13.2 Å². The Hall–Kier alpha value is -1.00. The van der Waals surface area contributed by atoms with E-state index in [0.717, 1.165) is 6.08 Å². The average Bonchev–Trinajstić information content (AvgIpc) is 1.86. The number of amidine groups is 1. The normalized spacial score (nSPS) is 25.0. The lowest BCUT2D eigenvalue weighted by molar-refractivity contribution is -0.158. The van der Waals surface area contributed by atoms with E-state index in [4.69, 9.17) is 5.73 Å². The maximum atomic E-state index is 11.9. The first-order valence-electron chi connectivity index (χ1n) is 3.05. The van der Waals surface area contributed by atoms with Crippen LogP contribution in [0.15, 0.2) is 17.1 Å². The van der Waals surface area contributed by atoms with Crippen molar-refractivity contribution in [2.24, 2.45) is 16.6 Å². The Bertz CT molecular complexity index is 204. The van der Waals surface area contributed by atoms with Gasteiger partial charge in [-0.25, -0.2) is 0 Å². The number of nitrogens with zero attached hydrogens (tertiary/aromatic N) is 1. The minimum atomic E-state index is -4.19. The van der Waals surface area contributed by atoms with Gasteiger partial charge >= 0.3 is 6.18 Å². The summed E-state index contributed by atoms with van der Waals surface area (Å²) in [5.74, 6) is -1.31. The number of halogens is 3. The first-order valence-corrected chi connectivity index (χ1v) is 3.05. The summed E-state index contributed by atoms with van der Waals surface area (Å²) in [5.41, 5.74) is 5.14. The van der Waals surface area contributed by atoms with Gasteiger partial charge < -0.3 is 5.73 Å². The average molecular weight is 164 g/mol.